The molecule has 0 saturated heterocycles. The SMILES string of the molecule is COc1cc(OC)cc(-c2ccc(/C=C(\S)C(=O)NC3CC4CCC3C4)o2)c1. The molecule has 3 atom stereocenters. The summed E-state index contributed by atoms with van der Waals surface area (Å²) >= 11 is 4.39. The van der Waals surface area contributed by atoms with Crippen LogP contribution in [0.25, 0.3) is 17.4 Å². The molecule has 0 aliphatic heterocycles. The predicted molar refractivity (Wildman–Crippen MR) is 112 cm³/mol. The fourth-order valence-corrected chi connectivity index (χ4v) is 4.59. The Morgan fingerprint density at radius 2 is 1.89 bits per heavy atom. The molecule has 148 valence electrons. The van der Waals surface area contributed by atoms with E-state index < -0.39 is 0 Å². The van der Waals surface area contributed by atoms with Crippen molar-refractivity contribution in [1.82, 2.24) is 5.32 Å². The first-order valence-corrected chi connectivity index (χ1v) is 10.0. The van der Waals surface area contributed by atoms with Crippen molar-refractivity contribution in [1.29, 1.82) is 0 Å². The highest BCUT2D eigenvalue weighted by Crippen LogP contribution is 2.44. The monoisotopic (exact) mass is 399 g/mol. The zero-order valence-electron chi connectivity index (χ0n) is 16.1. The second-order valence-corrected chi connectivity index (χ2v) is 8.07. The summed E-state index contributed by atoms with van der Waals surface area (Å²) in [5.74, 6) is 3.89. The normalized spacial score (nSPS) is 23.7. The topological polar surface area (TPSA) is 60.7 Å². The van der Waals surface area contributed by atoms with E-state index in [2.05, 4.69) is 17.9 Å². The molecule has 2 aromatic rings. The van der Waals surface area contributed by atoms with Crippen molar-refractivity contribution in [3.8, 4) is 22.8 Å². The van der Waals surface area contributed by atoms with Crippen LogP contribution < -0.4 is 14.8 Å². The van der Waals surface area contributed by atoms with Crippen LogP contribution in [0, 0.1) is 11.8 Å². The van der Waals surface area contributed by atoms with Crippen LogP contribution in [0.3, 0.4) is 0 Å². The Kier molecular flexibility index (Phi) is 5.40. The number of furan rings is 1. The summed E-state index contributed by atoms with van der Waals surface area (Å²) < 4.78 is 16.5. The summed E-state index contributed by atoms with van der Waals surface area (Å²) in [5.41, 5.74) is 0.836. The highest BCUT2D eigenvalue weighted by molar-refractivity contribution is 7.85. The van der Waals surface area contributed by atoms with Gasteiger partial charge in [-0.2, -0.15) is 0 Å². The van der Waals surface area contributed by atoms with Crippen LogP contribution >= 0.6 is 12.6 Å². The van der Waals surface area contributed by atoms with Crippen molar-refractivity contribution < 1.29 is 18.7 Å². The number of ether oxygens (including phenoxy) is 2. The molecule has 1 aromatic carbocycles. The van der Waals surface area contributed by atoms with E-state index in [1.807, 2.05) is 24.3 Å². The van der Waals surface area contributed by atoms with Crippen LogP contribution in [0.2, 0.25) is 0 Å². The van der Waals surface area contributed by atoms with Crippen LogP contribution in [0.1, 0.15) is 31.4 Å². The fraction of sp³-hybridized carbons (Fsp3) is 0.409. The van der Waals surface area contributed by atoms with Crippen molar-refractivity contribution in [2.24, 2.45) is 11.8 Å². The molecule has 28 heavy (non-hydrogen) atoms. The van der Waals surface area contributed by atoms with Crippen molar-refractivity contribution in [3.05, 3.63) is 41.0 Å². The Bertz CT molecular complexity index is 881. The standard InChI is InChI=1S/C22H25NO4S/c1-25-17-9-15(10-18(11-17)26-2)20-6-5-16(27-20)12-21(28)22(24)23-19-8-13-3-4-14(19)7-13/h5-6,9-14,19,28H,3-4,7-8H2,1-2H3,(H,23,24)/b21-12-. The second-order valence-electron chi connectivity index (χ2n) is 7.59. The third kappa shape index (κ3) is 3.92. The van der Waals surface area contributed by atoms with Gasteiger partial charge in [-0.15, -0.1) is 12.6 Å². The first kappa shape index (κ1) is 19.0. The highest BCUT2D eigenvalue weighted by atomic mass is 32.1. The molecule has 1 heterocycles. The van der Waals surface area contributed by atoms with Gasteiger partial charge >= 0.3 is 0 Å². The quantitative estimate of drug-likeness (QED) is 0.553. The number of carbonyl (C=O) groups is 1. The molecule has 2 fully saturated rings. The molecule has 0 radical (unpaired) electrons. The van der Waals surface area contributed by atoms with Crippen LogP contribution in [0.5, 0.6) is 11.5 Å². The number of amides is 1. The minimum absolute atomic E-state index is 0.137. The largest absolute Gasteiger partial charge is 0.497 e. The van der Waals surface area contributed by atoms with Gasteiger partial charge in [-0.3, -0.25) is 4.79 Å². The maximum absolute atomic E-state index is 12.5. The van der Waals surface area contributed by atoms with Gasteiger partial charge in [-0.1, -0.05) is 6.42 Å². The Balaban J connectivity index is 1.47. The molecule has 1 amide bonds. The van der Waals surface area contributed by atoms with Gasteiger partial charge in [0.2, 0.25) is 0 Å². The summed E-state index contributed by atoms with van der Waals surface area (Å²) in [6, 6.07) is 9.52. The van der Waals surface area contributed by atoms with Crippen molar-refractivity contribution in [2.75, 3.05) is 14.2 Å². The molecule has 3 unspecified atom stereocenters. The summed E-state index contributed by atoms with van der Waals surface area (Å²) in [5, 5.41) is 3.14. The van der Waals surface area contributed by atoms with Gasteiger partial charge in [0.1, 0.15) is 23.0 Å². The number of hydrogen-bond donors (Lipinski definition) is 2. The van der Waals surface area contributed by atoms with Gasteiger partial charge < -0.3 is 19.2 Å². The number of fused-ring (bicyclic) bond motifs is 2. The summed E-state index contributed by atoms with van der Waals surface area (Å²) in [6.07, 6.45) is 6.55. The smallest absolute Gasteiger partial charge is 0.257 e. The van der Waals surface area contributed by atoms with E-state index in [9.17, 15) is 4.79 Å². The lowest BCUT2D eigenvalue weighted by Crippen LogP contribution is -2.38. The Morgan fingerprint density at radius 3 is 2.50 bits per heavy atom. The van der Waals surface area contributed by atoms with Gasteiger partial charge in [-0.25, -0.2) is 0 Å². The first-order chi connectivity index (χ1) is 13.6. The van der Waals surface area contributed by atoms with Gasteiger partial charge in [-0.05, 0) is 61.4 Å². The van der Waals surface area contributed by atoms with E-state index in [1.165, 1.54) is 19.3 Å². The molecule has 6 heteroatoms. The highest BCUT2D eigenvalue weighted by Gasteiger charge is 2.40. The summed E-state index contributed by atoms with van der Waals surface area (Å²) in [7, 11) is 3.22. The second kappa shape index (κ2) is 7.95. The van der Waals surface area contributed by atoms with Crippen LogP contribution in [-0.2, 0) is 4.79 Å². The van der Waals surface area contributed by atoms with E-state index in [4.69, 9.17) is 13.9 Å². The Hall–Kier alpha value is -2.34. The minimum atomic E-state index is -0.137. The zero-order chi connectivity index (χ0) is 19.7. The number of thiol groups is 1. The number of rotatable bonds is 6. The number of carbonyl (C=O) groups excluding carboxylic acids is 1. The maximum atomic E-state index is 12.5. The maximum Gasteiger partial charge on any atom is 0.257 e. The average Bonchev–Trinajstić information content (AvgIpc) is 3.44. The molecule has 1 aromatic heterocycles. The van der Waals surface area contributed by atoms with Crippen LogP contribution in [0.4, 0.5) is 0 Å². The Morgan fingerprint density at radius 1 is 1.14 bits per heavy atom. The molecule has 2 bridgehead atoms. The Labute approximate surface area is 170 Å². The van der Waals surface area contributed by atoms with Gasteiger partial charge in [0.25, 0.3) is 5.91 Å². The number of hydrogen-bond acceptors (Lipinski definition) is 5. The lowest BCUT2D eigenvalue weighted by Gasteiger charge is -2.22. The van der Waals surface area contributed by atoms with E-state index in [0.29, 0.717) is 39.9 Å². The van der Waals surface area contributed by atoms with Gasteiger partial charge in [0, 0.05) is 17.7 Å². The van der Waals surface area contributed by atoms with Crippen LogP contribution in [0.15, 0.2) is 39.7 Å². The number of benzene rings is 1. The molecular weight excluding hydrogens is 374 g/mol. The number of methoxy groups -OCH3 is 2. The zero-order valence-corrected chi connectivity index (χ0v) is 17.0. The van der Waals surface area contributed by atoms with E-state index in [0.717, 1.165) is 17.9 Å². The molecule has 0 spiro atoms. The first-order valence-electron chi connectivity index (χ1n) is 9.60. The third-order valence-electron chi connectivity index (χ3n) is 5.83. The molecular formula is C22H25NO4S. The van der Waals surface area contributed by atoms with Gasteiger partial charge in [0.15, 0.2) is 0 Å². The molecule has 2 aliphatic rings. The molecule has 2 saturated carbocycles. The fourth-order valence-electron chi connectivity index (χ4n) is 4.40. The summed E-state index contributed by atoms with van der Waals surface area (Å²) in [4.78, 5) is 12.8. The lowest BCUT2D eigenvalue weighted by atomic mass is 9.95. The van der Waals surface area contributed by atoms with Crippen molar-refractivity contribution >= 4 is 24.6 Å². The van der Waals surface area contributed by atoms with Crippen molar-refractivity contribution in [3.63, 3.8) is 0 Å². The minimum Gasteiger partial charge on any atom is -0.497 e. The van der Waals surface area contributed by atoms with E-state index >= 15 is 0 Å². The van der Waals surface area contributed by atoms with Crippen LogP contribution in [-0.4, -0.2) is 26.2 Å². The molecule has 4 rings (SSSR count). The molecule has 1 N–H and O–H groups in total. The van der Waals surface area contributed by atoms with Gasteiger partial charge in [0.05, 0.1) is 19.1 Å². The van der Waals surface area contributed by atoms with Crippen molar-refractivity contribution in [2.45, 2.75) is 31.7 Å². The number of nitrogens with one attached hydrogen (secondary N) is 1. The van der Waals surface area contributed by atoms with E-state index in [-0.39, 0.29) is 5.91 Å². The molecule has 5 nitrogen and oxygen atoms in total. The lowest BCUT2D eigenvalue weighted by molar-refractivity contribution is -0.117. The third-order valence-corrected chi connectivity index (χ3v) is 6.16. The molecule has 2 aliphatic carbocycles. The summed E-state index contributed by atoms with van der Waals surface area (Å²) in [6.45, 7) is 0. The predicted octanol–water partition coefficient (Wildman–Crippen LogP) is 4.54. The van der Waals surface area contributed by atoms with E-state index in [1.54, 1.807) is 26.4 Å². The average molecular weight is 400 g/mol.